The summed E-state index contributed by atoms with van der Waals surface area (Å²) in [4.78, 5) is 20.7. The lowest BCUT2D eigenvalue weighted by molar-refractivity contribution is -0.0320. The molecule has 0 unspecified atom stereocenters. The first kappa shape index (κ1) is 25.9. The second-order valence-corrected chi connectivity index (χ2v) is 13.8. The van der Waals surface area contributed by atoms with E-state index in [-0.39, 0.29) is 16.3 Å². The molecule has 2 saturated heterocycles. The van der Waals surface area contributed by atoms with Gasteiger partial charge < -0.3 is 20.3 Å². The highest BCUT2D eigenvalue weighted by Crippen LogP contribution is 2.54. The van der Waals surface area contributed by atoms with Crippen molar-refractivity contribution < 1.29 is 17.9 Å². The Balaban J connectivity index is 1.39. The maximum Gasteiger partial charge on any atom is 0.259 e. The van der Waals surface area contributed by atoms with Crippen molar-refractivity contribution in [3.8, 4) is 0 Å². The van der Waals surface area contributed by atoms with Gasteiger partial charge in [-0.25, -0.2) is 18.1 Å². The molecule has 1 spiro atoms. The van der Waals surface area contributed by atoms with E-state index in [0.29, 0.717) is 41.5 Å². The van der Waals surface area contributed by atoms with Crippen LogP contribution in [0.5, 0.6) is 0 Å². The van der Waals surface area contributed by atoms with Crippen LogP contribution in [0.1, 0.15) is 63.7 Å². The summed E-state index contributed by atoms with van der Waals surface area (Å²) in [6, 6.07) is 9.93. The zero-order valence-corrected chi connectivity index (χ0v) is 22.9. The van der Waals surface area contributed by atoms with Crippen molar-refractivity contribution >= 4 is 33.3 Å². The molecule has 9 nitrogen and oxygen atoms in total. The molecule has 0 atom stereocenters. The minimum atomic E-state index is -3.73. The van der Waals surface area contributed by atoms with Crippen molar-refractivity contribution in [2.75, 3.05) is 41.8 Å². The van der Waals surface area contributed by atoms with E-state index in [0.717, 1.165) is 25.9 Å². The topological polar surface area (TPSA) is 113 Å². The van der Waals surface area contributed by atoms with Gasteiger partial charge in [-0.3, -0.25) is 4.79 Å². The standard InChI is InChI=1S/C27H37N5O4S/c1-25(2,3)31-37(34,35)20-7-5-6-19(16-20)28-24(33)21-8-9-22(30-26(4)17-36-18-26)29-23(21)32-14-12-27(10-11-27)13-15-32/h5-9,16,31H,10-15,17-18H2,1-4H3,(H,28,33)(H,29,30). The fourth-order valence-electron chi connectivity index (χ4n) is 5.00. The lowest BCUT2D eigenvalue weighted by Gasteiger charge is -2.39. The maximum atomic E-state index is 13.5. The van der Waals surface area contributed by atoms with Crippen LogP contribution >= 0.6 is 0 Å². The van der Waals surface area contributed by atoms with Crippen molar-refractivity contribution in [2.24, 2.45) is 5.41 Å². The molecule has 1 amide bonds. The number of aromatic nitrogens is 1. The fraction of sp³-hybridized carbons (Fsp3) is 0.556. The van der Waals surface area contributed by atoms with Gasteiger partial charge in [0.05, 0.1) is 29.2 Å². The maximum absolute atomic E-state index is 13.5. The SMILES string of the molecule is CC(C)(C)NS(=O)(=O)c1cccc(NC(=O)c2ccc(NC3(C)COC3)nc2N2CCC3(CC2)CC3)c1. The summed E-state index contributed by atoms with van der Waals surface area (Å²) in [5.41, 5.74) is 0.586. The largest absolute Gasteiger partial charge is 0.376 e. The smallest absolute Gasteiger partial charge is 0.259 e. The summed E-state index contributed by atoms with van der Waals surface area (Å²) in [5.74, 6) is 1.04. The first-order valence-corrected chi connectivity index (χ1v) is 14.4. The van der Waals surface area contributed by atoms with E-state index < -0.39 is 15.6 Å². The fourth-order valence-corrected chi connectivity index (χ4v) is 6.46. The van der Waals surface area contributed by atoms with Gasteiger partial charge in [-0.15, -0.1) is 0 Å². The number of ether oxygens (including phenoxy) is 1. The molecule has 5 rings (SSSR count). The van der Waals surface area contributed by atoms with Crippen LogP contribution in [0.4, 0.5) is 17.3 Å². The number of anilines is 3. The predicted octanol–water partition coefficient (Wildman–Crippen LogP) is 3.99. The Morgan fingerprint density at radius 3 is 2.35 bits per heavy atom. The van der Waals surface area contributed by atoms with Gasteiger partial charge in [0.1, 0.15) is 11.6 Å². The number of piperidine rings is 1. The highest BCUT2D eigenvalue weighted by molar-refractivity contribution is 7.89. The minimum absolute atomic E-state index is 0.0971. The van der Waals surface area contributed by atoms with Crippen LogP contribution in [-0.4, -0.2) is 56.7 Å². The first-order chi connectivity index (χ1) is 17.4. The molecule has 0 bridgehead atoms. The summed E-state index contributed by atoms with van der Waals surface area (Å²) in [5, 5.41) is 6.35. The Labute approximate surface area is 219 Å². The van der Waals surface area contributed by atoms with Gasteiger partial charge >= 0.3 is 0 Å². The molecule has 3 fully saturated rings. The number of amides is 1. The quantitative estimate of drug-likeness (QED) is 0.499. The van der Waals surface area contributed by atoms with Gasteiger partial charge in [-0.05, 0) is 89.1 Å². The van der Waals surface area contributed by atoms with E-state index in [1.165, 1.54) is 25.0 Å². The molecule has 200 valence electrons. The third kappa shape index (κ3) is 5.91. The molecule has 1 aromatic carbocycles. The first-order valence-electron chi connectivity index (χ1n) is 12.9. The zero-order chi connectivity index (χ0) is 26.5. The average Bonchev–Trinajstić information content (AvgIpc) is 3.56. The van der Waals surface area contributed by atoms with Crippen LogP contribution in [0.2, 0.25) is 0 Å². The zero-order valence-electron chi connectivity index (χ0n) is 22.1. The minimum Gasteiger partial charge on any atom is -0.376 e. The molecule has 3 heterocycles. The van der Waals surface area contributed by atoms with E-state index in [9.17, 15) is 13.2 Å². The van der Waals surface area contributed by atoms with Gasteiger partial charge in [0.15, 0.2) is 0 Å². The second kappa shape index (κ2) is 9.25. The van der Waals surface area contributed by atoms with Crippen LogP contribution < -0.4 is 20.3 Å². The van der Waals surface area contributed by atoms with E-state index in [1.807, 2.05) is 6.07 Å². The Morgan fingerprint density at radius 1 is 1.05 bits per heavy atom. The highest BCUT2D eigenvalue weighted by atomic mass is 32.2. The van der Waals surface area contributed by atoms with E-state index in [4.69, 9.17) is 9.72 Å². The number of carbonyl (C=O) groups excluding carboxylic acids is 1. The van der Waals surface area contributed by atoms with Gasteiger partial charge in [0.25, 0.3) is 5.91 Å². The summed E-state index contributed by atoms with van der Waals surface area (Å²) in [6.45, 7) is 10.4. The van der Waals surface area contributed by atoms with Gasteiger partial charge in [-0.2, -0.15) is 0 Å². The van der Waals surface area contributed by atoms with Crippen molar-refractivity contribution in [3.63, 3.8) is 0 Å². The summed E-state index contributed by atoms with van der Waals surface area (Å²) >= 11 is 0. The number of carbonyl (C=O) groups is 1. The average molecular weight is 528 g/mol. The Bertz CT molecular complexity index is 1290. The molecule has 37 heavy (non-hydrogen) atoms. The number of hydrogen-bond donors (Lipinski definition) is 3. The second-order valence-electron chi connectivity index (χ2n) is 12.1. The third-order valence-corrected chi connectivity index (χ3v) is 9.07. The number of benzene rings is 1. The molecule has 1 aromatic heterocycles. The predicted molar refractivity (Wildman–Crippen MR) is 145 cm³/mol. The summed E-state index contributed by atoms with van der Waals surface area (Å²) < 4.78 is 33.6. The molecule has 2 aromatic rings. The normalized spacial score (nSPS) is 20.3. The number of nitrogens with zero attached hydrogens (tertiary/aromatic N) is 2. The van der Waals surface area contributed by atoms with Gasteiger partial charge in [0, 0.05) is 24.3 Å². The highest BCUT2D eigenvalue weighted by Gasteiger charge is 2.45. The van der Waals surface area contributed by atoms with Crippen molar-refractivity contribution in [3.05, 3.63) is 42.0 Å². The van der Waals surface area contributed by atoms with Crippen LogP contribution in [0.15, 0.2) is 41.3 Å². The van der Waals surface area contributed by atoms with E-state index in [1.54, 1.807) is 39.0 Å². The number of pyridine rings is 1. The Kier molecular flexibility index (Phi) is 6.49. The van der Waals surface area contributed by atoms with Crippen molar-refractivity contribution in [1.29, 1.82) is 0 Å². The number of sulfonamides is 1. The number of nitrogens with one attached hydrogen (secondary N) is 3. The van der Waals surface area contributed by atoms with Crippen LogP contribution in [0.3, 0.4) is 0 Å². The molecule has 1 aliphatic carbocycles. The lowest BCUT2D eigenvalue weighted by atomic mass is 9.93. The Hall–Kier alpha value is -2.69. The molecular weight excluding hydrogens is 490 g/mol. The van der Waals surface area contributed by atoms with E-state index in [2.05, 4.69) is 27.2 Å². The van der Waals surface area contributed by atoms with Gasteiger partial charge in [-0.1, -0.05) is 6.07 Å². The number of rotatable bonds is 7. The molecule has 0 radical (unpaired) electrons. The van der Waals surface area contributed by atoms with Crippen molar-refractivity contribution in [1.82, 2.24) is 9.71 Å². The lowest BCUT2D eigenvalue weighted by Crippen LogP contribution is -2.53. The molecule has 3 aliphatic rings. The third-order valence-electron chi connectivity index (χ3n) is 7.31. The molecule has 2 aliphatic heterocycles. The van der Waals surface area contributed by atoms with Crippen LogP contribution in [-0.2, 0) is 14.8 Å². The number of hydrogen-bond acceptors (Lipinski definition) is 7. The molecule has 1 saturated carbocycles. The van der Waals surface area contributed by atoms with Crippen LogP contribution in [0.25, 0.3) is 0 Å². The summed E-state index contributed by atoms with van der Waals surface area (Å²) in [7, 11) is -3.73. The summed E-state index contributed by atoms with van der Waals surface area (Å²) in [6.07, 6.45) is 4.81. The van der Waals surface area contributed by atoms with E-state index >= 15 is 0 Å². The Morgan fingerprint density at radius 2 is 1.76 bits per heavy atom. The van der Waals surface area contributed by atoms with Gasteiger partial charge in [0.2, 0.25) is 10.0 Å². The van der Waals surface area contributed by atoms with Crippen LogP contribution in [0, 0.1) is 5.41 Å². The molecular formula is C27H37N5O4S. The molecule has 10 heteroatoms. The monoisotopic (exact) mass is 527 g/mol. The van der Waals surface area contributed by atoms with Crippen molar-refractivity contribution in [2.45, 2.75) is 69.4 Å². The molecule has 3 N–H and O–H groups in total.